The van der Waals surface area contributed by atoms with Crippen molar-refractivity contribution in [2.45, 2.75) is 51.2 Å². The summed E-state index contributed by atoms with van der Waals surface area (Å²) in [7, 11) is 0. The molecule has 0 N–H and O–H groups in total. The van der Waals surface area contributed by atoms with Gasteiger partial charge in [-0.2, -0.15) is 0 Å². The van der Waals surface area contributed by atoms with Gasteiger partial charge in [-0.3, -0.25) is 9.69 Å². The van der Waals surface area contributed by atoms with Crippen molar-refractivity contribution >= 4 is 17.2 Å². The van der Waals surface area contributed by atoms with E-state index >= 15 is 0 Å². The average Bonchev–Trinajstić information content (AvgIpc) is 3.14. The monoisotopic (exact) mass is 348 g/mol. The van der Waals surface area contributed by atoms with Gasteiger partial charge in [-0.05, 0) is 44.2 Å². The van der Waals surface area contributed by atoms with E-state index in [1.54, 1.807) is 0 Å². The fourth-order valence-electron chi connectivity index (χ4n) is 3.94. The standard InChI is InChI=1S/C19H28N2O2S/c22-19(15-4-1-5-15)21-10-3-9-20(11-12-21)14-16-7-8-18(24-16)17-6-2-13-23-17/h7-8,15,17H,1-6,9-14H2. The normalized spacial score (nSPS) is 26.3. The molecule has 1 unspecified atom stereocenters. The Labute approximate surface area is 148 Å². The predicted octanol–water partition coefficient (Wildman–Crippen LogP) is 3.43. The first-order valence-electron chi connectivity index (χ1n) is 9.51. The number of hydrogen-bond acceptors (Lipinski definition) is 4. The third-order valence-electron chi connectivity index (χ3n) is 5.66. The van der Waals surface area contributed by atoms with Crippen LogP contribution in [0.3, 0.4) is 0 Å². The lowest BCUT2D eigenvalue weighted by Gasteiger charge is -2.31. The largest absolute Gasteiger partial charge is 0.373 e. The number of rotatable bonds is 4. The maximum atomic E-state index is 12.4. The molecular weight excluding hydrogens is 320 g/mol. The van der Waals surface area contributed by atoms with Gasteiger partial charge >= 0.3 is 0 Å². The highest BCUT2D eigenvalue weighted by Crippen LogP contribution is 2.34. The quantitative estimate of drug-likeness (QED) is 0.836. The first-order valence-corrected chi connectivity index (χ1v) is 10.3. The van der Waals surface area contributed by atoms with Crippen LogP contribution in [0.4, 0.5) is 0 Å². The zero-order valence-corrected chi connectivity index (χ0v) is 15.2. The van der Waals surface area contributed by atoms with Crippen LogP contribution in [-0.4, -0.2) is 48.5 Å². The molecule has 1 amide bonds. The van der Waals surface area contributed by atoms with E-state index in [0.717, 1.165) is 58.6 Å². The Morgan fingerprint density at radius 1 is 1.08 bits per heavy atom. The molecule has 3 fully saturated rings. The third-order valence-corrected chi connectivity index (χ3v) is 6.83. The van der Waals surface area contributed by atoms with Gasteiger partial charge in [0.15, 0.2) is 0 Å². The molecule has 1 aromatic heterocycles. The molecule has 0 spiro atoms. The second-order valence-electron chi connectivity index (χ2n) is 7.39. The second-order valence-corrected chi connectivity index (χ2v) is 8.59. The summed E-state index contributed by atoms with van der Waals surface area (Å²) in [5, 5.41) is 0. The van der Waals surface area contributed by atoms with Crippen LogP contribution in [0.1, 0.15) is 54.4 Å². The van der Waals surface area contributed by atoms with Gasteiger partial charge in [0.05, 0.1) is 6.10 Å². The van der Waals surface area contributed by atoms with Crippen molar-refractivity contribution in [1.82, 2.24) is 9.80 Å². The zero-order valence-electron chi connectivity index (χ0n) is 14.4. The lowest BCUT2D eigenvalue weighted by atomic mass is 9.84. The van der Waals surface area contributed by atoms with Crippen molar-refractivity contribution in [2.24, 2.45) is 5.92 Å². The summed E-state index contributed by atoms with van der Waals surface area (Å²) in [5.41, 5.74) is 0. The number of hydrogen-bond donors (Lipinski definition) is 0. The lowest BCUT2D eigenvalue weighted by Crippen LogP contribution is -2.41. The van der Waals surface area contributed by atoms with E-state index in [-0.39, 0.29) is 0 Å². The third kappa shape index (κ3) is 3.68. The van der Waals surface area contributed by atoms with Crippen LogP contribution in [0.5, 0.6) is 0 Å². The van der Waals surface area contributed by atoms with Crippen LogP contribution < -0.4 is 0 Å². The predicted molar refractivity (Wildman–Crippen MR) is 96.1 cm³/mol. The minimum Gasteiger partial charge on any atom is -0.373 e. The molecule has 1 aromatic rings. The van der Waals surface area contributed by atoms with Crippen molar-refractivity contribution in [3.63, 3.8) is 0 Å². The fraction of sp³-hybridized carbons (Fsp3) is 0.737. The molecular formula is C19H28N2O2S. The Morgan fingerprint density at radius 3 is 2.75 bits per heavy atom. The van der Waals surface area contributed by atoms with Crippen LogP contribution in [0, 0.1) is 5.92 Å². The minimum absolute atomic E-state index is 0.336. The van der Waals surface area contributed by atoms with Crippen molar-refractivity contribution in [1.29, 1.82) is 0 Å². The summed E-state index contributed by atoms with van der Waals surface area (Å²) in [6, 6.07) is 4.52. The van der Waals surface area contributed by atoms with Gasteiger partial charge in [0, 0.05) is 55.0 Å². The first kappa shape index (κ1) is 16.6. The minimum atomic E-state index is 0.336. The van der Waals surface area contributed by atoms with Gasteiger partial charge in [0.25, 0.3) is 0 Å². The summed E-state index contributed by atoms with van der Waals surface area (Å²) >= 11 is 1.91. The van der Waals surface area contributed by atoms with Crippen LogP contribution in [0.25, 0.3) is 0 Å². The highest BCUT2D eigenvalue weighted by molar-refractivity contribution is 7.12. The zero-order chi connectivity index (χ0) is 16.4. The number of carbonyl (C=O) groups is 1. The molecule has 2 saturated heterocycles. The van der Waals surface area contributed by atoms with Gasteiger partial charge in [-0.1, -0.05) is 6.42 Å². The SMILES string of the molecule is O=C(C1CCC1)N1CCCN(Cc2ccc(C3CCCO3)s2)CC1. The van der Waals surface area contributed by atoms with Gasteiger partial charge < -0.3 is 9.64 Å². The summed E-state index contributed by atoms with van der Waals surface area (Å²) in [6.45, 7) is 5.88. The Morgan fingerprint density at radius 2 is 2.00 bits per heavy atom. The Bertz CT molecular complexity index is 563. The van der Waals surface area contributed by atoms with Crippen LogP contribution in [0.2, 0.25) is 0 Å². The molecule has 1 aliphatic carbocycles. The molecule has 0 aromatic carbocycles. The summed E-state index contributed by atoms with van der Waals surface area (Å²) in [5.74, 6) is 0.753. The van der Waals surface area contributed by atoms with E-state index in [0.29, 0.717) is 17.9 Å². The molecule has 2 aliphatic heterocycles. The van der Waals surface area contributed by atoms with E-state index in [9.17, 15) is 4.79 Å². The molecule has 0 radical (unpaired) electrons. The Kier molecular flexibility index (Phi) is 5.20. The highest BCUT2D eigenvalue weighted by atomic mass is 32.1. The molecule has 5 heteroatoms. The van der Waals surface area contributed by atoms with Crippen LogP contribution in [-0.2, 0) is 16.1 Å². The number of ether oxygens (including phenoxy) is 1. The van der Waals surface area contributed by atoms with E-state index in [4.69, 9.17) is 4.74 Å². The van der Waals surface area contributed by atoms with Crippen LogP contribution >= 0.6 is 11.3 Å². The average molecular weight is 349 g/mol. The molecule has 3 aliphatic rings. The van der Waals surface area contributed by atoms with E-state index in [1.807, 2.05) is 11.3 Å². The van der Waals surface area contributed by atoms with Crippen molar-refractivity contribution in [3.05, 3.63) is 21.9 Å². The fourth-order valence-corrected chi connectivity index (χ4v) is 5.08. The molecule has 132 valence electrons. The summed E-state index contributed by atoms with van der Waals surface area (Å²) < 4.78 is 5.79. The smallest absolute Gasteiger partial charge is 0.225 e. The summed E-state index contributed by atoms with van der Waals surface area (Å²) in [4.78, 5) is 19.9. The number of thiophene rings is 1. The van der Waals surface area contributed by atoms with E-state index in [2.05, 4.69) is 21.9 Å². The van der Waals surface area contributed by atoms with Crippen molar-refractivity contribution in [2.75, 3.05) is 32.8 Å². The van der Waals surface area contributed by atoms with Gasteiger partial charge in [0.1, 0.15) is 0 Å². The van der Waals surface area contributed by atoms with Gasteiger partial charge in [-0.15, -0.1) is 11.3 Å². The maximum Gasteiger partial charge on any atom is 0.225 e. The highest BCUT2D eigenvalue weighted by Gasteiger charge is 2.30. The molecule has 4 nitrogen and oxygen atoms in total. The maximum absolute atomic E-state index is 12.4. The second kappa shape index (κ2) is 7.54. The first-order chi connectivity index (χ1) is 11.8. The molecule has 24 heavy (non-hydrogen) atoms. The van der Waals surface area contributed by atoms with Gasteiger partial charge in [0.2, 0.25) is 5.91 Å². The van der Waals surface area contributed by atoms with E-state index in [1.165, 1.54) is 29.0 Å². The number of amides is 1. The molecule has 1 atom stereocenters. The molecule has 1 saturated carbocycles. The molecule has 4 rings (SSSR count). The molecule has 0 bridgehead atoms. The van der Waals surface area contributed by atoms with Crippen LogP contribution in [0.15, 0.2) is 12.1 Å². The van der Waals surface area contributed by atoms with Crippen molar-refractivity contribution in [3.8, 4) is 0 Å². The Hall–Kier alpha value is -0.910. The number of carbonyl (C=O) groups excluding carboxylic acids is 1. The summed E-state index contributed by atoms with van der Waals surface area (Å²) in [6.07, 6.45) is 7.25. The lowest BCUT2D eigenvalue weighted by molar-refractivity contribution is -0.138. The van der Waals surface area contributed by atoms with E-state index < -0.39 is 0 Å². The van der Waals surface area contributed by atoms with Crippen molar-refractivity contribution < 1.29 is 9.53 Å². The topological polar surface area (TPSA) is 32.8 Å². The molecule has 3 heterocycles. The number of nitrogens with zero attached hydrogens (tertiary/aromatic N) is 2. The Balaban J connectivity index is 1.30. The van der Waals surface area contributed by atoms with Gasteiger partial charge in [-0.25, -0.2) is 0 Å².